The Morgan fingerprint density at radius 3 is 2.67 bits per heavy atom. The highest BCUT2D eigenvalue weighted by molar-refractivity contribution is 6.05. The lowest BCUT2D eigenvalue weighted by Crippen LogP contribution is -2.33. The third-order valence-corrected chi connectivity index (χ3v) is 2.66. The van der Waals surface area contributed by atoms with Crippen molar-refractivity contribution in [3.8, 4) is 5.75 Å². The summed E-state index contributed by atoms with van der Waals surface area (Å²) in [7, 11) is 1.45. The second kappa shape index (κ2) is 3.31. The van der Waals surface area contributed by atoms with E-state index in [0.29, 0.717) is 18.6 Å². The molecule has 3 nitrogen and oxygen atoms in total. The third kappa shape index (κ3) is 1.72. The smallest absolute Gasteiger partial charge is 0.185 e. The van der Waals surface area contributed by atoms with Gasteiger partial charge in [0.1, 0.15) is 11.6 Å². The quantitative estimate of drug-likeness (QED) is 0.767. The first-order valence-electron chi connectivity index (χ1n) is 4.74. The molecule has 4 heteroatoms. The number of rotatable bonds is 3. The molecule has 1 aromatic carbocycles. The molecule has 0 heterocycles. The van der Waals surface area contributed by atoms with Gasteiger partial charge in [-0.25, -0.2) is 4.39 Å². The fourth-order valence-electron chi connectivity index (χ4n) is 1.44. The van der Waals surface area contributed by atoms with E-state index in [2.05, 4.69) is 0 Å². The lowest BCUT2D eigenvalue weighted by molar-refractivity contribution is 0.0945. The van der Waals surface area contributed by atoms with Crippen LogP contribution in [-0.4, -0.2) is 18.4 Å². The van der Waals surface area contributed by atoms with E-state index >= 15 is 0 Å². The van der Waals surface area contributed by atoms with Crippen molar-refractivity contribution in [1.29, 1.82) is 0 Å². The van der Waals surface area contributed by atoms with Gasteiger partial charge in [0.05, 0.1) is 18.2 Å². The van der Waals surface area contributed by atoms with Crippen LogP contribution in [0.5, 0.6) is 5.75 Å². The summed E-state index contributed by atoms with van der Waals surface area (Å²) in [6.07, 6.45) is 1.27. The van der Waals surface area contributed by atoms with Crippen molar-refractivity contribution < 1.29 is 13.9 Å². The summed E-state index contributed by atoms with van der Waals surface area (Å²) in [5.74, 6) is -0.496. The number of halogens is 1. The Bertz CT molecular complexity index is 413. The number of ether oxygens (including phenoxy) is 1. The lowest BCUT2D eigenvalue weighted by atomic mass is 10.0. The molecule has 1 aliphatic carbocycles. The number of methoxy groups -OCH3 is 1. The summed E-state index contributed by atoms with van der Waals surface area (Å²) in [4.78, 5) is 11.7. The molecule has 1 saturated carbocycles. The lowest BCUT2D eigenvalue weighted by Gasteiger charge is -2.09. The maximum Gasteiger partial charge on any atom is 0.185 e. The Morgan fingerprint density at radius 1 is 1.53 bits per heavy atom. The summed E-state index contributed by atoms with van der Waals surface area (Å²) in [6.45, 7) is 0. The zero-order chi connectivity index (χ0) is 11.1. The highest BCUT2D eigenvalue weighted by Gasteiger charge is 2.46. The first kappa shape index (κ1) is 10.1. The van der Waals surface area contributed by atoms with Crippen molar-refractivity contribution in [3.05, 3.63) is 29.6 Å². The van der Waals surface area contributed by atoms with Crippen LogP contribution in [0, 0.1) is 5.82 Å². The molecule has 0 saturated heterocycles. The van der Waals surface area contributed by atoms with Crippen LogP contribution in [-0.2, 0) is 0 Å². The van der Waals surface area contributed by atoms with Crippen LogP contribution in [0.1, 0.15) is 23.2 Å². The first-order chi connectivity index (χ1) is 7.07. The van der Waals surface area contributed by atoms with E-state index in [9.17, 15) is 9.18 Å². The normalized spacial score (nSPS) is 17.3. The fourth-order valence-corrected chi connectivity index (χ4v) is 1.44. The first-order valence-corrected chi connectivity index (χ1v) is 4.74. The average molecular weight is 209 g/mol. The standard InChI is InChI=1S/C11H12FNO2/c1-15-7-2-3-8(9(12)6-7)10(14)11(13)4-5-11/h2-3,6H,4-5,13H2,1H3. The van der Waals surface area contributed by atoms with Crippen molar-refractivity contribution in [2.45, 2.75) is 18.4 Å². The molecule has 2 N–H and O–H groups in total. The van der Waals surface area contributed by atoms with Crippen LogP contribution >= 0.6 is 0 Å². The monoisotopic (exact) mass is 209 g/mol. The zero-order valence-corrected chi connectivity index (χ0v) is 8.42. The maximum atomic E-state index is 13.5. The van der Waals surface area contributed by atoms with Gasteiger partial charge in [-0.1, -0.05) is 0 Å². The number of ketones is 1. The predicted octanol–water partition coefficient (Wildman–Crippen LogP) is 1.51. The van der Waals surface area contributed by atoms with Gasteiger partial charge in [0.2, 0.25) is 0 Å². The largest absolute Gasteiger partial charge is 0.497 e. The molecule has 0 amide bonds. The Hall–Kier alpha value is -1.42. The number of Topliss-reactive ketones (excluding diaryl/α,β-unsaturated/α-hetero) is 1. The SMILES string of the molecule is COc1ccc(C(=O)C2(N)CC2)c(F)c1. The number of carbonyl (C=O) groups excluding carboxylic acids is 1. The van der Waals surface area contributed by atoms with Gasteiger partial charge >= 0.3 is 0 Å². The van der Waals surface area contributed by atoms with E-state index in [1.165, 1.54) is 19.2 Å². The van der Waals surface area contributed by atoms with Crippen molar-refractivity contribution in [2.24, 2.45) is 5.73 Å². The second-order valence-electron chi connectivity index (χ2n) is 3.83. The van der Waals surface area contributed by atoms with Crippen LogP contribution in [0.25, 0.3) is 0 Å². The van der Waals surface area contributed by atoms with Gasteiger partial charge in [-0.15, -0.1) is 0 Å². The number of carbonyl (C=O) groups is 1. The van der Waals surface area contributed by atoms with Crippen LogP contribution < -0.4 is 10.5 Å². The average Bonchev–Trinajstić information content (AvgIpc) is 2.96. The van der Waals surface area contributed by atoms with Gasteiger partial charge in [0, 0.05) is 6.07 Å². The van der Waals surface area contributed by atoms with Gasteiger partial charge in [-0.2, -0.15) is 0 Å². The fraction of sp³-hybridized carbons (Fsp3) is 0.364. The third-order valence-electron chi connectivity index (χ3n) is 2.66. The predicted molar refractivity (Wildman–Crippen MR) is 53.4 cm³/mol. The van der Waals surface area contributed by atoms with Gasteiger partial charge in [0.15, 0.2) is 5.78 Å². The van der Waals surface area contributed by atoms with E-state index in [0.717, 1.165) is 0 Å². The minimum Gasteiger partial charge on any atom is -0.497 e. The summed E-state index contributed by atoms with van der Waals surface area (Å²) in [6, 6.07) is 4.17. The van der Waals surface area contributed by atoms with Gasteiger partial charge in [0.25, 0.3) is 0 Å². The van der Waals surface area contributed by atoms with E-state index in [-0.39, 0.29) is 11.3 Å². The van der Waals surface area contributed by atoms with E-state index in [1.807, 2.05) is 0 Å². The highest BCUT2D eigenvalue weighted by atomic mass is 19.1. The maximum absolute atomic E-state index is 13.5. The Balaban J connectivity index is 2.33. The molecule has 0 spiro atoms. The summed E-state index contributed by atoms with van der Waals surface area (Å²) in [5.41, 5.74) is 4.94. The number of nitrogens with two attached hydrogens (primary N) is 1. The van der Waals surface area contributed by atoms with Crippen LogP contribution in [0.3, 0.4) is 0 Å². The molecule has 2 rings (SSSR count). The highest BCUT2D eigenvalue weighted by Crippen LogP contribution is 2.36. The van der Waals surface area contributed by atoms with E-state index < -0.39 is 11.4 Å². The van der Waals surface area contributed by atoms with Crippen molar-refractivity contribution in [1.82, 2.24) is 0 Å². The molecule has 1 aliphatic rings. The molecular formula is C11H12FNO2. The van der Waals surface area contributed by atoms with Gasteiger partial charge in [-0.05, 0) is 25.0 Å². The van der Waals surface area contributed by atoms with E-state index in [4.69, 9.17) is 10.5 Å². The number of hydrogen-bond donors (Lipinski definition) is 1. The molecular weight excluding hydrogens is 197 g/mol. The van der Waals surface area contributed by atoms with Gasteiger partial charge < -0.3 is 10.5 Å². The summed E-state index contributed by atoms with van der Waals surface area (Å²) >= 11 is 0. The minimum atomic E-state index is -0.824. The number of benzene rings is 1. The molecule has 0 unspecified atom stereocenters. The molecule has 1 fully saturated rings. The molecule has 0 atom stereocenters. The Morgan fingerprint density at radius 2 is 2.20 bits per heavy atom. The summed E-state index contributed by atoms with van der Waals surface area (Å²) < 4.78 is 18.3. The number of hydrogen-bond acceptors (Lipinski definition) is 3. The van der Waals surface area contributed by atoms with Crippen LogP contribution in [0.4, 0.5) is 4.39 Å². The molecule has 0 aromatic heterocycles. The Kier molecular flexibility index (Phi) is 2.23. The van der Waals surface area contributed by atoms with E-state index in [1.54, 1.807) is 6.07 Å². The Labute approximate surface area is 87.0 Å². The topological polar surface area (TPSA) is 52.3 Å². The molecule has 0 aliphatic heterocycles. The summed E-state index contributed by atoms with van der Waals surface area (Å²) in [5, 5.41) is 0. The zero-order valence-electron chi connectivity index (χ0n) is 8.42. The van der Waals surface area contributed by atoms with Crippen molar-refractivity contribution in [3.63, 3.8) is 0 Å². The minimum absolute atomic E-state index is 0.0517. The second-order valence-corrected chi connectivity index (χ2v) is 3.83. The van der Waals surface area contributed by atoms with Crippen molar-refractivity contribution >= 4 is 5.78 Å². The van der Waals surface area contributed by atoms with Crippen LogP contribution in [0.2, 0.25) is 0 Å². The molecule has 1 aromatic rings. The van der Waals surface area contributed by atoms with Crippen LogP contribution in [0.15, 0.2) is 18.2 Å². The van der Waals surface area contributed by atoms with Gasteiger partial charge in [-0.3, -0.25) is 4.79 Å². The molecule has 15 heavy (non-hydrogen) atoms. The van der Waals surface area contributed by atoms with Crippen molar-refractivity contribution in [2.75, 3.05) is 7.11 Å². The molecule has 0 radical (unpaired) electrons. The molecule has 80 valence electrons. The molecule has 0 bridgehead atoms.